The van der Waals surface area contributed by atoms with Crippen molar-refractivity contribution in [2.24, 2.45) is 0 Å². The fraction of sp³-hybridized carbons (Fsp3) is 0.818. The molecule has 2 amide bonds. The van der Waals surface area contributed by atoms with Gasteiger partial charge in [-0.2, -0.15) is 12.6 Å². The summed E-state index contributed by atoms with van der Waals surface area (Å²) in [6.07, 6.45) is 0. The highest BCUT2D eigenvalue weighted by Crippen LogP contribution is 2.10. The van der Waals surface area contributed by atoms with Crippen LogP contribution in [0, 0.1) is 0 Å². The van der Waals surface area contributed by atoms with Crippen molar-refractivity contribution in [3.63, 3.8) is 0 Å². The van der Waals surface area contributed by atoms with Gasteiger partial charge in [0.25, 0.3) is 0 Å². The molecule has 0 spiro atoms. The summed E-state index contributed by atoms with van der Waals surface area (Å²) in [5.74, 6) is 0.104. The van der Waals surface area contributed by atoms with Crippen LogP contribution in [0.3, 0.4) is 0 Å². The number of amides is 2. The van der Waals surface area contributed by atoms with Crippen molar-refractivity contribution in [1.82, 2.24) is 15.1 Å². The normalized spacial score (nSPS) is 23.3. The molecule has 6 heteroatoms. The van der Waals surface area contributed by atoms with E-state index in [1.807, 2.05) is 18.9 Å². The molecule has 1 saturated heterocycles. The van der Waals surface area contributed by atoms with E-state index in [0.717, 1.165) is 13.1 Å². The van der Waals surface area contributed by atoms with Gasteiger partial charge in [-0.15, -0.1) is 0 Å². The predicted octanol–water partition coefficient (Wildman–Crippen LogP) is -0.417. The second-order valence-electron chi connectivity index (χ2n) is 4.58. The van der Waals surface area contributed by atoms with Crippen LogP contribution in [0.4, 0.5) is 0 Å². The van der Waals surface area contributed by atoms with E-state index in [4.69, 9.17) is 0 Å². The zero-order chi connectivity index (χ0) is 13.0. The number of nitrogens with zero attached hydrogens (tertiary/aromatic N) is 2. The zero-order valence-electron chi connectivity index (χ0n) is 10.6. The van der Waals surface area contributed by atoms with Gasteiger partial charge in [-0.05, 0) is 14.0 Å². The fourth-order valence-corrected chi connectivity index (χ4v) is 2.35. The van der Waals surface area contributed by atoms with E-state index in [1.165, 1.54) is 6.92 Å². The van der Waals surface area contributed by atoms with Gasteiger partial charge in [-0.25, -0.2) is 0 Å². The molecule has 1 aliphatic rings. The average Bonchev–Trinajstić information content (AvgIpc) is 2.24. The molecule has 1 aliphatic heterocycles. The Morgan fingerprint density at radius 2 is 2.12 bits per heavy atom. The number of thiol groups is 1. The zero-order valence-corrected chi connectivity index (χ0v) is 11.5. The van der Waals surface area contributed by atoms with Crippen LogP contribution >= 0.6 is 12.6 Å². The van der Waals surface area contributed by atoms with E-state index in [2.05, 4.69) is 22.8 Å². The predicted molar refractivity (Wildman–Crippen MR) is 70.1 cm³/mol. The number of likely N-dealkylation sites (N-methyl/N-ethyl adjacent to an activating group) is 1. The van der Waals surface area contributed by atoms with Gasteiger partial charge in [-0.3, -0.25) is 9.59 Å². The van der Waals surface area contributed by atoms with Crippen LogP contribution in [0.15, 0.2) is 0 Å². The summed E-state index contributed by atoms with van der Waals surface area (Å²) in [7, 11) is 2.04. The number of rotatable bonds is 3. The number of hydrogen-bond donors (Lipinski definition) is 2. The van der Waals surface area contributed by atoms with E-state index in [0.29, 0.717) is 12.3 Å². The maximum atomic E-state index is 12.2. The Balaban J connectivity index is 2.64. The van der Waals surface area contributed by atoms with Crippen molar-refractivity contribution in [3.8, 4) is 0 Å². The highest BCUT2D eigenvalue weighted by atomic mass is 32.1. The molecule has 1 rings (SSSR count). The molecule has 0 aromatic heterocycles. The van der Waals surface area contributed by atoms with Crippen LogP contribution in [0.1, 0.15) is 13.8 Å². The lowest BCUT2D eigenvalue weighted by atomic mass is 10.1. The molecule has 2 atom stereocenters. The van der Waals surface area contributed by atoms with Crippen molar-refractivity contribution in [3.05, 3.63) is 0 Å². The molecule has 1 fully saturated rings. The van der Waals surface area contributed by atoms with E-state index >= 15 is 0 Å². The molecule has 0 radical (unpaired) electrons. The first-order chi connectivity index (χ1) is 7.95. The van der Waals surface area contributed by atoms with E-state index < -0.39 is 6.04 Å². The molecule has 0 aromatic rings. The lowest BCUT2D eigenvalue weighted by molar-refractivity contribution is -0.139. The van der Waals surface area contributed by atoms with Crippen molar-refractivity contribution in [2.45, 2.75) is 25.9 Å². The quantitative estimate of drug-likeness (QED) is 0.677. The smallest absolute Gasteiger partial charge is 0.246 e. The van der Waals surface area contributed by atoms with Crippen LogP contribution in [0.25, 0.3) is 0 Å². The second-order valence-corrected chi connectivity index (χ2v) is 4.94. The molecule has 0 saturated carbocycles. The summed E-state index contributed by atoms with van der Waals surface area (Å²) in [5, 5.41) is 2.64. The lowest BCUT2D eigenvalue weighted by Crippen LogP contribution is -2.58. The standard InChI is InChI=1S/C11H21N3O2S/c1-8-6-13(3)4-5-14(8)11(16)10(7-17)12-9(2)15/h8,10,17H,4-7H2,1-3H3,(H,12,15). The summed E-state index contributed by atoms with van der Waals surface area (Å²) in [4.78, 5) is 27.3. The third kappa shape index (κ3) is 3.89. The molecule has 2 unspecified atom stereocenters. The molecule has 0 bridgehead atoms. The van der Waals surface area contributed by atoms with Gasteiger partial charge < -0.3 is 15.1 Å². The van der Waals surface area contributed by atoms with Crippen molar-refractivity contribution < 1.29 is 9.59 Å². The Morgan fingerprint density at radius 3 is 2.59 bits per heavy atom. The van der Waals surface area contributed by atoms with Crippen molar-refractivity contribution >= 4 is 24.4 Å². The number of piperazine rings is 1. The first-order valence-corrected chi connectivity index (χ1v) is 6.46. The maximum absolute atomic E-state index is 12.2. The molecular formula is C11H21N3O2S. The lowest BCUT2D eigenvalue weighted by Gasteiger charge is -2.39. The number of carbonyl (C=O) groups is 2. The Morgan fingerprint density at radius 1 is 1.47 bits per heavy atom. The number of carbonyl (C=O) groups excluding carboxylic acids is 2. The molecule has 0 aliphatic carbocycles. The molecular weight excluding hydrogens is 238 g/mol. The highest BCUT2D eigenvalue weighted by Gasteiger charge is 2.30. The van der Waals surface area contributed by atoms with Crippen LogP contribution in [0.2, 0.25) is 0 Å². The molecule has 17 heavy (non-hydrogen) atoms. The van der Waals surface area contributed by atoms with E-state index in [-0.39, 0.29) is 17.9 Å². The van der Waals surface area contributed by atoms with Crippen LogP contribution in [0.5, 0.6) is 0 Å². The average molecular weight is 259 g/mol. The van der Waals surface area contributed by atoms with Gasteiger partial charge in [0.05, 0.1) is 0 Å². The third-order valence-corrected chi connectivity index (χ3v) is 3.34. The minimum absolute atomic E-state index is 0.0317. The Labute approximate surface area is 108 Å². The fourth-order valence-electron chi connectivity index (χ4n) is 2.10. The van der Waals surface area contributed by atoms with E-state index in [1.54, 1.807) is 0 Å². The number of nitrogens with one attached hydrogen (secondary N) is 1. The summed E-state index contributed by atoms with van der Waals surface area (Å²) in [6.45, 7) is 5.88. The van der Waals surface area contributed by atoms with Gasteiger partial charge in [-0.1, -0.05) is 0 Å². The molecule has 5 nitrogen and oxygen atoms in total. The minimum Gasteiger partial charge on any atom is -0.344 e. The maximum Gasteiger partial charge on any atom is 0.246 e. The monoisotopic (exact) mass is 259 g/mol. The minimum atomic E-state index is -0.512. The van der Waals surface area contributed by atoms with E-state index in [9.17, 15) is 9.59 Å². The first kappa shape index (κ1) is 14.3. The molecule has 1 heterocycles. The van der Waals surface area contributed by atoms with Crippen molar-refractivity contribution in [1.29, 1.82) is 0 Å². The summed E-state index contributed by atoms with van der Waals surface area (Å²) >= 11 is 4.12. The Bertz CT molecular complexity index is 298. The summed E-state index contributed by atoms with van der Waals surface area (Å²) in [5.41, 5.74) is 0. The highest BCUT2D eigenvalue weighted by molar-refractivity contribution is 7.80. The third-order valence-electron chi connectivity index (χ3n) is 2.97. The first-order valence-electron chi connectivity index (χ1n) is 5.82. The van der Waals surface area contributed by atoms with Crippen LogP contribution in [-0.4, -0.2) is 66.1 Å². The Hall–Kier alpha value is -0.750. The van der Waals surface area contributed by atoms with Gasteiger partial charge in [0.2, 0.25) is 11.8 Å². The topological polar surface area (TPSA) is 52.7 Å². The van der Waals surface area contributed by atoms with Crippen LogP contribution in [-0.2, 0) is 9.59 Å². The largest absolute Gasteiger partial charge is 0.344 e. The molecule has 0 aromatic carbocycles. The second kappa shape index (κ2) is 6.26. The summed E-state index contributed by atoms with van der Waals surface area (Å²) in [6, 6.07) is -0.334. The van der Waals surface area contributed by atoms with Gasteiger partial charge in [0, 0.05) is 38.4 Å². The van der Waals surface area contributed by atoms with Gasteiger partial charge in [0.15, 0.2) is 0 Å². The SMILES string of the molecule is CC(=O)NC(CS)C(=O)N1CCN(C)CC1C. The molecule has 1 N–H and O–H groups in total. The summed E-state index contributed by atoms with van der Waals surface area (Å²) < 4.78 is 0. The number of hydrogen-bond acceptors (Lipinski definition) is 4. The molecule has 98 valence electrons. The van der Waals surface area contributed by atoms with Gasteiger partial charge in [0.1, 0.15) is 6.04 Å². The van der Waals surface area contributed by atoms with Crippen molar-refractivity contribution in [2.75, 3.05) is 32.4 Å². The van der Waals surface area contributed by atoms with Crippen LogP contribution < -0.4 is 5.32 Å². The van der Waals surface area contributed by atoms with Gasteiger partial charge >= 0.3 is 0 Å². The Kier molecular flexibility index (Phi) is 5.27.